The Bertz CT molecular complexity index is 432. The molecule has 18 heavy (non-hydrogen) atoms. The second-order valence-corrected chi connectivity index (χ2v) is 4.82. The molecule has 0 saturated carbocycles. The monoisotopic (exact) mass is 248 g/mol. The molecule has 1 aliphatic heterocycles. The standard InChI is InChI=1S/C12H20N6/c1-17-7-3-4-9(8-17)18(2)12-15-6-5-10(16-12)11(13)14/h5-6,9H,3-4,7-8H2,1-2H3,(H3,13,14). The summed E-state index contributed by atoms with van der Waals surface area (Å²) >= 11 is 0. The fourth-order valence-electron chi connectivity index (χ4n) is 2.29. The van der Waals surface area contributed by atoms with Crippen LogP contribution in [0.25, 0.3) is 0 Å². The number of rotatable bonds is 3. The fraction of sp³-hybridized carbons (Fsp3) is 0.583. The highest BCUT2D eigenvalue weighted by atomic mass is 15.3. The third-order valence-corrected chi connectivity index (χ3v) is 3.38. The number of hydrogen-bond acceptors (Lipinski definition) is 5. The van der Waals surface area contributed by atoms with Gasteiger partial charge in [-0.1, -0.05) is 0 Å². The molecule has 98 valence electrons. The average molecular weight is 248 g/mol. The Kier molecular flexibility index (Phi) is 3.76. The van der Waals surface area contributed by atoms with E-state index in [4.69, 9.17) is 11.1 Å². The van der Waals surface area contributed by atoms with Crippen LogP contribution in [0.1, 0.15) is 18.5 Å². The zero-order chi connectivity index (χ0) is 13.1. The van der Waals surface area contributed by atoms with Gasteiger partial charge in [0.25, 0.3) is 0 Å². The van der Waals surface area contributed by atoms with E-state index >= 15 is 0 Å². The molecule has 1 atom stereocenters. The van der Waals surface area contributed by atoms with E-state index < -0.39 is 0 Å². The predicted octanol–water partition coefficient (Wildman–Crippen LogP) is 0.291. The van der Waals surface area contributed by atoms with Gasteiger partial charge in [-0.3, -0.25) is 5.41 Å². The lowest BCUT2D eigenvalue weighted by Crippen LogP contribution is -2.45. The number of nitrogens with one attached hydrogen (secondary N) is 1. The van der Waals surface area contributed by atoms with Crippen molar-refractivity contribution in [3.05, 3.63) is 18.0 Å². The minimum Gasteiger partial charge on any atom is -0.382 e. The normalized spacial score (nSPS) is 20.7. The van der Waals surface area contributed by atoms with Crippen LogP contribution >= 0.6 is 0 Å². The second-order valence-electron chi connectivity index (χ2n) is 4.82. The molecule has 1 aromatic heterocycles. The van der Waals surface area contributed by atoms with Gasteiger partial charge in [-0.2, -0.15) is 0 Å². The van der Waals surface area contributed by atoms with Crippen molar-refractivity contribution in [2.24, 2.45) is 5.73 Å². The van der Waals surface area contributed by atoms with Gasteiger partial charge in [0.1, 0.15) is 11.5 Å². The maximum Gasteiger partial charge on any atom is 0.225 e. The summed E-state index contributed by atoms with van der Waals surface area (Å²) in [5.41, 5.74) is 5.93. The summed E-state index contributed by atoms with van der Waals surface area (Å²) in [6, 6.07) is 2.08. The van der Waals surface area contributed by atoms with Crippen LogP contribution in [-0.2, 0) is 0 Å². The van der Waals surface area contributed by atoms with E-state index in [1.54, 1.807) is 12.3 Å². The number of anilines is 1. The van der Waals surface area contributed by atoms with Crippen LogP contribution in [0, 0.1) is 5.41 Å². The molecule has 0 radical (unpaired) electrons. The average Bonchev–Trinajstić information content (AvgIpc) is 2.38. The third-order valence-electron chi connectivity index (χ3n) is 3.38. The molecule has 0 bridgehead atoms. The van der Waals surface area contributed by atoms with Gasteiger partial charge in [-0.05, 0) is 32.5 Å². The largest absolute Gasteiger partial charge is 0.382 e. The van der Waals surface area contributed by atoms with Crippen LogP contribution in [0.5, 0.6) is 0 Å². The van der Waals surface area contributed by atoms with Crippen LogP contribution < -0.4 is 10.6 Å². The first kappa shape index (κ1) is 12.8. The van der Waals surface area contributed by atoms with Gasteiger partial charge in [-0.25, -0.2) is 9.97 Å². The Labute approximate surface area is 107 Å². The molecule has 1 saturated heterocycles. The molecule has 2 heterocycles. The molecule has 0 amide bonds. The molecular weight excluding hydrogens is 228 g/mol. The molecule has 3 N–H and O–H groups in total. The molecule has 1 unspecified atom stereocenters. The summed E-state index contributed by atoms with van der Waals surface area (Å²) in [5.74, 6) is 0.621. The molecule has 6 nitrogen and oxygen atoms in total. The van der Waals surface area contributed by atoms with Crippen molar-refractivity contribution in [3.8, 4) is 0 Å². The lowest BCUT2D eigenvalue weighted by atomic mass is 10.1. The Morgan fingerprint density at radius 2 is 2.39 bits per heavy atom. The minimum absolute atomic E-state index is 0.0205. The summed E-state index contributed by atoms with van der Waals surface area (Å²) in [4.78, 5) is 13.0. The van der Waals surface area contributed by atoms with Gasteiger partial charge in [0.15, 0.2) is 0 Å². The zero-order valence-corrected chi connectivity index (χ0v) is 10.9. The number of nitrogens with two attached hydrogens (primary N) is 1. The van der Waals surface area contributed by atoms with Crippen molar-refractivity contribution in [1.82, 2.24) is 14.9 Å². The number of amidine groups is 1. The number of hydrogen-bond donors (Lipinski definition) is 2. The van der Waals surface area contributed by atoms with E-state index in [-0.39, 0.29) is 5.84 Å². The van der Waals surface area contributed by atoms with Crippen molar-refractivity contribution < 1.29 is 0 Å². The van der Waals surface area contributed by atoms with E-state index in [2.05, 4.69) is 26.8 Å². The Morgan fingerprint density at radius 1 is 1.61 bits per heavy atom. The van der Waals surface area contributed by atoms with E-state index in [0.29, 0.717) is 17.7 Å². The van der Waals surface area contributed by atoms with Crippen LogP contribution in [-0.4, -0.2) is 53.9 Å². The number of aromatic nitrogens is 2. The summed E-state index contributed by atoms with van der Waals surface area (Å²) in [5, 5.41) is 7.41. The Balaban J connectivity index is 2.14. The number of likely N-dealkylation sites (N-methyl/N-ethyl adjacent to an activating group) is 2. The third kappa shape index (κ3) is 2.76. The quantitative estimate of drug-likeness (QED) is 0.593. The van der Waals surface area contributed by atoms with Crippen LogP contribution in [0.4, 0.5) is 5.95 Å². The molecule has 0 spiro atoms. The van der Waals surface area contributed by atoms with Gasteiger partial charge in [0, 0.05) is 25.8 Å². The summed E-state index contributed by atoms with van der Waals surface area (Å²) in [6.45, 7) is 2.17. The van der Waals surface area contributed by atoms with Gasteiger partial charge in [0.05, 0.1) is 0 Å². The Hall–Kier alpha value is -1.69. The molecule has 1 aliphatic rings. The smallest absolute Gasteiger partial charge is 0.225 e. The molecular formula is C12H20N6. The molecule has 6 heteroatoms. The number of likely N-dealkylation sites (tertiary alicyclic amines) is 1. The first-order chi connectivity index (χ1) is 8.58. The summed E-state index contributed by atoms with van der Waals surface area (Å²) in [6.07, 6.45) is 3.99. The highest BCUT2D eigenvalue weighted by Crippen LogP contribution is 2.17. The summed E-state index contributed by atoms with van der Waals surface area (Å²) in [7, 11) is 4.13. The van der Waals surface area contributed by atoms with Crippen molar-refractivity contribution in [1.29, 1.82) is 5.41 Å². The SMILES string of the molecule is CN1CCCC(N(C)c2nccc(C(=N)N)n2)C1. The number of nitrogen functional groups attached to an aromatic ring is 1. The topological polar surface area (TPSA) is 82.1 Å². The fourth-order valence-corrected chi connectivity index (χ4v) is 2.29. The number of piperidine rings is 1. The van der Waals surface area contributed by atoms with Crippen molar-refractivity contribution in [2.45, 2.75) is 18.9 Å². The highest BCUT2D eigenvalue weighted by Gasteiger charge is 2.22. The van der Waals surface area contributed by atoms with E-state index in [0.717, 1.165) is 19.5 Å². The first-order valence-corrected chi connectivity index (χ1v) is 6.16. The Morgan fingerprint density at radius 3 is 3.06 bits per heavy atom. The lowest BCUT2D eigenvalue weighted by molar-refractivity contribution is 0.247. The predicted molar refractivity (Wildman–Crippen MR) is 72.0 cm³/mol. The van der Waals surface area contributed by atoms with Crippen LogP contribution in [0.15, 0.2) is 12.3 Å². The van der Waals surface area contributed by atoms with Crippen molar-refractivity contribution in [2.75, 3.05) is 32.1 Å². The van der Waals surface area contributed by atoms with Crippen molar-refractivity contribution in [3.63, 3.8) is 0 Å². The van der Waals surface area contributed by atoms with Gasteiger partial charge >= 0.3 is 0 Å². The second kappa shape index (κ2) is 5.30. The van der Waals surface area contributed by atoms with E-state index in [1.807, 2.05) is 7.05 Å². The van der Waals surface area contributed by atoms with Gasteiger partial charge in [-0.15, -0.1) is 0 Å². The maximum atomic E-state index is 7.41. The summed E-state index contributed by atoms with van der Waals surface area (Å²) < 4.78 is 0. The van der Waals surface area contributed by atoms with E-state index in [1.165, 1.54) is 6.42 Å². The molecule has 0 aliphatic carbocycles. The van der Waals surface area contributed by atoms with Gasteiger partial charge in [0.2, 0.25) is 5.95 Å². The van der Waals surface area contributed by atoms with E-state index in [9.17, 15) is 0 Å². The maximum absolute atomic E-state index is 7.41. The number of nitrogens with zero attached hydrogens (tertiary/aromatic N) is 4. The van der Waals surface area contributed by atoms with Crippen LogP contribution in [0.2, 0.25) is 0 Å². The molecule has 0 aromatic carbocycles. The van der Waals surface area contributed by atoms with Crippen LogP contribution in [0.3, 0.4) is 0 Å². The van der Waals surface area contributed by atoms with Gasteiger partial charge < -0.3 is 15.5 Å². The molecule has 2 rings (SSSR count). The first-order valence-electron chi connectivity index (χ1n) is 6.16. The zero-order valence-electron chi connectivity index (χ0n) is 10.9. The highest BCUT2D eigenvalue weighted by molar-refractivity contribution is 5.93. The molecule has 1 aromatic rings. The minimum atomic E-state index is -0.0205. The van der Waals surface area contributed by atoms with Crippen molar-refractivity contribution >= 4 is 11.8 Å². The lowest BCUT2D eigenvalue weighted by Gasteiger charge is -2.35. The molecule has 1 fully saturated rings.